The quantitative estimate of drug-likeness (QED) is 0.777. The van der Waals surface area contributed by atoms with Crippen molar-refractivity contribution in [1.82, 2.24) is 9.97 Å². The summed E-state index contributed by atoms with van der Waals surface area (Å²) in [6, 6.07) is 7.87. The van der Waals surface area contributed by atoms with E-state index in [1.165, 1.54) is 0 Å². The summed E-state index contributed by atoms with van der Waals surface area (Å²) in [5.41, 5.74) is 0. The maximum atomic E-state index is 5.58. The summed E-state index contributed by atoms with van der Waals surface area (Å²) in [6.07, 6.45) is 4.38. The summed E-state index contributed by atoms with van der Waals surface area (Å²) in [7, 11) is 1.66. The molecule has 0 aliphatic carbocycles. The van der Waals surface area contributed by atoms with Crippen molar-refractivity contribution in [2.24, 2.45) is 0 Å². The van der Waals surface area contributed by atoms with Crippen LogP contribution in [0, 0.1) is 0 Å². The van der Waals surface area contributed by atoms with Gasteiger partial charge in [0.05, 0.1) is 19.9 Å². The van der Waals surface area contributed by atoms with Crippen molar-refractivity contribution in [3.63, 3.8) is 0 Å². The van der Waals surface area contributed by atoms with Crippen LogP contribution in [0.2, 0.25) is 0 Å². The Balaban J connectivity index is 1.83. The Morgan fingerprint density at radius 1 is 1.24 bits per heavy atom. The molecule has 3 aromatic rings. The van der Waals surface area contributed by atoms with E-state index in [9.17, 15) is 0 Å². The predicted octanol–water partition coefficient (Wildman–Crippen LogP) is 3.41. The van der Waals surface area contributed by atoms with Crippen LogP contribution in [0.3, 0.4) is 0 Å². The van der Waals surface area contributed by atoms with E-state index in [1.54, 1.807) is 19.5 Å². The van der Waals surface area contributed by atoms with Crippen molar-refractivity contribution in [3.05, 3.63) is 48.3 Å². The van der Waals surface area contributed by atoms with Gasteiger partial charge in [0.1, 0.15) is 17.3 Å². The second kappa shape index (κ2) is 5.83. The van der Waals surface area contributed by atoms with Gasteiger partial charge in [0, 0.05) is 18.0 Å². The third kappa shape index (κ3) is 2.81. The first-order valence-electron chi connectivity index (χ1n) is 6.90. The van der Waals surface area contributed by atoms with E-state index in [1.807, 2.05) is 31.2 Å². The lowest BCUT2D eigenvalue weighted by molar-refractivity contribution is 0.415. The Bertz CT molecular complexity index is 752. The number of aromatic nitrogens is 2. The van der Waals surface area contributed by atoms with Crippen LogP contribution in [0.25, 0.3) is 10.8 Å². The van der Waals surface area contributed by atoms with Crippen molar-refractivity contribution in [2.45, 2.75) is 19.9 Å². The van der Waals surface area contributed by atoms with Crippen LogP contribution >= 0.6 is 0 Å². The molecule has 108 valence electrons. The number of methoxy groups -OCH3 is 1. The Morgan fingerprint density at radius 2 is 2.14 bits per heavy atom. The molecule has 0 amide bonds. The average molecular weight is 283 g/mol. The number of nitrogens with zero attached hydrogens (tertiary/aromatic N) is 2. The zero-order chi connectivity index (χ0) is 14.7. The number of anilines is 1. The minimum Gasteiger partial charge on any atom is -0.497 e. The molecule has 0 aliphatic rings. The minimum atomic E-state index is 0.512. The highest BCUT2D eigenvalue weighted by molar-refractivity contribution is 5.92. The van der Waals surface area contributed by atoms with Gasteiger partial charge in [-0.2, -0.15) is 0 Å². The van der Waals surface area contributed by atoms with Crippen LogP contribution in [-0.4, -0.2) is 17.1 Å². The number of aryl methyl sites for hydroxylation is 1. The predicted molar refractivity (Wildman–Crippen MR) is 81.5 cm³/mol. The molecule has 3 rings (SSSR count). The van der Waals surface area contributed by atoms with Crippen molar-refractivity contribution in [2.75, 3.05) is 12.4 Å². The molecule has 5 heteroatoms. The Hall–Kier alpha value is -2.56. The van der Waals surface area contributed by atoms with Gasteiger partial charge in [-0.25, -0.2) is 9.97 Å². The summed E-state index contributed by atoms with van der Waals surface area (Å²) in [5.74, 6) is 3.20. The van der Waals surface area contributed by atoms with Crippen LogP contribution < -0.4 is 10.1 Å². The molecule has 0 aliphatic heterocycles. The molecule has 2 aromatic heterocycles. The van der Waals surface area contributed by atoms with E-state index in [0.717, 1.165) is 34.5 Å². The first-order valence-corrected chi connectivity index (χ1v) is 6.90. The lowest BCUT2D eigenvalue weighted by atomic mass is 10.1. The van der Waals surface area contributed by atoms with Gasteiger partial charge >= 0.3 is 0 Å². The number of rotatable bonds is 5. The van der Waals surface area contributed by atoms with Crippen molar-refractivity contribution in [3.8, 4) is 5.75 Å². The number of benzene rings is 1. The lowest BCUT2D eigenvalue weighted by Gasteiger charge is -2.08. The summed E-state index contributed by atoms with van der Waals surface area (Å²) in [4.78, 5) is 8.62. The van der Waals surface area contributed by atoms with E-state index < -0.39 is 0 Å². The highest BCUT2D eigenvalue weighted by atomic mass is 16.5. The molecule has 0 saturated carbocycles. The van der Waals surface area contributed by atoms with Gasteiger partial charge < -0.3 is 14.5 Å². The highest BCUT2D eigenvalue weighted by Crippen LogP contribution is 2.25. The zero-order valence-electron chi connectivity index (χ0n) is 12.1. The second-order valence-electron chi connectivity index (χ2n) is 4.67. The Kier molecular flexibility index (Phi) is 3.73. The summed E-state index contributed by atoms with van der Waals surface area (Å²) in [5, 5.41) is 5.39. The number of nitrogens with one attached hydrogen (secondary N) is 1. The number of fused-ring (bicyclic) bond motifs is 1. The molecular formula is C16H17N3O2. The molecule has 0 radical (unpaired) electrons. The largest absolute Gasteiger partial charge is 0.497 e. The third-order valence-electron chi connectivity index (χ3n) is 3.33. The molecule has 21 heavy (non-hydrogen) atoms. The SMILES string of the molecule is CCc1cnc(CNc2nccc3cc(OC)ccc23)o1. The van der Waals surface area contributed by atoms with E-state index in [-0.39, 0.29) is 0 Å². The van der Waals surface area contributed by atoms with Crippen LogP contribution in [0.1, 0.15) is 18.6 Å². The lowest BCUT2D eigenvalue weighted by Crippen LogP contribution is -2.02. The second-order valence-corrected chi connectivity index (χ2v) is 4.67. The van der Waals surface area contributed by atoms with Crippen LogP contribution in [0.4, 0.5) is 5.82 Å². The topological polar surface area (TPSA) is 60.2 Å². The number of hydrogen-bond acceptors (Lipinski definition) is 5. The maximum absolute atomic E-state index is 5.58. The zero-order valence-corrected chi connectivity index (χ0v) is 12.1. The molecule has 0 fully saturated rings. The van der Waals surface area contributed by atoms with Gasteiger partial charge in [-0.1, -0.05) is 6.92 Å². The standard InChI is InChI=1S/C16H17N3O2/c1-3-12-9-18-15(21-12)10-19-16-14-5-4-13(20-2)8-11(14)6-7-17-16/h4-9H,3,10H2,1-2H3,(H,17,19). The third-order valence-corrected chi connectivity index (χ3v) is 3.33. The molecule has 0 unspecified atom stereocenters. The number of pyridine rings is 1. The summed E-state index contributed by atoms with van der Waals surface area (Å²) in [6.45, 7) is 2.55. The van der Waals surface area contributed by atoms with Crippen LogP contribution in [-0.2, 0) is 13.0 Å². The molecule has 0 bridgehead atoms. The first-order chi connectivity index (χ1) is 10.3. The molecule has 2 heterocycles. The summed E-state index contributed by atoms with van der Waals surface area (Å²) < 4.78 is 10.8. The number of hydrogen-bond donors (Lipinski definition) is 1. The normalized spacial score (nSPS) is 10.8. The monoisotopic (exact) mass is 283 g/mol. The highest BCUT2D eigenvalue weighted by Gasteiger charge is 2.06. The van der Waals surface area contributed by atoms with E-state index in [0.29, 0.717) is 12.4 Å². The molecule has 1 N–H and O–H groups in total. The molecular weight excluding hydrogens is 266 g/mol. The smallest absolute Gasteiger partial charge is 0.213 e. The molecule has 1 aromatic carbocycles. The first kappa shape index (κ1) is 13.4. The molecule has 0 spiro atoms. The van der Waals surface area contributed by atoms with Gasteiger partial charge in [-0.05, 0) is 29.7 Å². The number of oxazole rings is 1. The van der Waals surface area contributed by atoms with E-state index in [4.69, 9.17) is 9.15 Å². The summed E-state index contributed by atoms with van der Waals surface area (Å²) >= 11 is 0. The van der Waals surface area contributed by atoms with Gasteiger partial charge in [0.25, 0.3) is 0 Å². The average Bonchev–Trinajstić information content (AvgIpc) is 3.00. The number of ether oxygens (including phenoxy) is 1. The van der Waals surface area contributed by atoms with Crippen LogP contribution in [0.15, 0.2) is 41.1 Å². The van der Waals surface area contributed by atoms with Gasteiger partial charge in [0.15, 0.2) is 0 Å². The minimum absolute atomic E-state index is 0.512. The molecule has 0 saturated heterocycles. The van der Waals surface area contributed by atoms with Gasteiger partial charge in [0.2, 0.25) is 5.89 Å². The molecule has 0 atom stereocenters. The van der Waals surface area contributed by atoms with E-state index >= 15 is 0 Å². The Morgan fingerprint density at radius 3 is 2.90 bits per heavy atom. The van der Waals surface area contributed by atoms with E-state index in [2.05, 4.69) is 15.3 Å². The van der Waals surface area contributed by atoms with Crippen molar-refractivity contribution >= 4 is 16.6 Å². The fourth-order valence-electron chi connectivity index (χ4n) is 2.18. The van der Waals surface area contributed by atoms with Gasteiger partial charge in [-0.15, -0.1) is 0 Å². The Labute approximate surface area is 123 Å². The fraction of sp³-hybridized carbons (Fsp3) is 0.250. The van der Waals surface area contributed by atoms with Crippen molar-refractivity contribution < 1.29 is 9.15 Å². The fourth-order valence-corrected chi connectivity index (χ4v) is 2.18. The van der Waals surface area contributed by atoms with Gasteiger partial charge in [-0.3, -0.25) is 0 Å². The molecule has 5 nitrogen and oxygen atoms in total. The van der Waals surface area contributed by atoms with Crippen LogP contribution in [0.5, 0.6) is 5.75 Å². The maximum Gasteiger partial charge on any atom is 0.213 e. The van der Waals surface area contributed by atoms with Crippen molar-refractivity contribution in [1.29, 1.82) is 0 Å².